The summed E-state index contributed by atoms with van der Waals surface area (Å²) in [5.74, 6) is 0.215. The number of hydrogen-bond donors (Lipinski definition) is 0. The molecule has 0 N–H and O–H groups in total. The molecule has 1 saturated heterocycles. The smallest absolute Gasteiger partial charge is 0.235 e. The van der Waals surface area contributed by atoms with Gasteiger partial charge in [-0.2, -0.15) is 0 Å². The molecule has 1 atom stereocenters. The lowest BCUT2D eigenvalue weighted by Gasteiger charge is -2.12. The fraction of sp³-hybridized carbons (Fsp3) is 0.300. The predicted octanol–water partition coefficient (Wildman–Crippen LogP) is 3.60. The zero-order valence-electron chi connectivity index (χ0n) is 14.3. The Hall–Kier alpha value is -2.27. The van der Waals surface area contributed by atoms with Gasteiger partial charge in [-0.05, 0) is 30.5 Å². The van der Waals surface area contributed by atoms with Crippen LogP contribution in [0.3, 0.4) is 0 Å². The van der Waals surface area contributed by atoms with Gasteiger partial charge < -0.3 is 9.47 Å². The van der Waals surface area contributed by atoms with Gasteiger partial charge >= 0.3 is 0 Å². The molecule has 0 aliphatic carbocycles. The van der Waals surface area contributed by atoms with Gasteiger partial charge in [-0.3, -0.25) is 4.79 Å². The van der Waals surface area contributed by atoms with E-state index in [-0.39, 0.29) is 11.2 Å². The first-order valence-corrected chi connectivity index (χ1v) is 9.51. The lowest BCUT2D eigenvalue weighted by Crippen LogP contribution is -2.24. The molecule has 0 bridgehead atoms. The first-order chi connectivity index (χ1) is 12.2. The zero-order valence-corrected chi connectivity index (χ0v) is 15.1. The average Bonchev–Trinajstić information content (AvgIpc) is 3.15. The maximum Gasteiger partial charge on any atom is 0.235 e. The van der Waals surface area contributed by atoms with Crippen molar-refractivity contribution in [2.75, 3.05) is 13.6 Å². The molecule has 2 aromatic carbocycles. The fourth-order valence-electron chi connectivity index (χ4n) is 3.27. The Balaban J connectivity index is 1.62. The van der Waals surface area contributed by atoms with Gasteiger partial charge in [0.05, 0.1) is 16.3 Å². The number of para-hydroxylation sites is 2. The van der Waals surface area contributed by atoms with Gasteiger partial charge in [-0.1, -0.05) is 54.2 Å². The number of nitrogens with zero attached hydrogens (tertiary/aromatic N) is 3. The molecular formula is C20H21N3OS. The van der Waals surface area contributed by atoms with Crippen LogP contribution in [0.15, 0.2) is 59.8 Å². The minimum Gasteiger partial charge on any atom is -0.345 e. The van der Waals surface area contributed by atoms with Crippen LogP contribution in [0.25, 0.3) is 11.0 Å². The second-order valence-electron chi connectivity index (χ2n) is 6.43. The van der Waals surface area contributed by atoms with Gasteiger partial charge in [-0.25, -0.2) is 4.98 Å². The van der Waals surface area contributed by atoms with Crippen molar-refractivity contribution in [3.05, 3.63) is 60.2 Å². The summed E-state index contributed by atoms with van der Waals surface area (Å²) in [6.45, 7) is 1.70. The molecule has 25 heavy (non-hydrogen) atoms. The molecule has 3 aromatic rings. The molecule has 0 radical (unpaired) electrons. The highest BCUT2D eigenvalue weighted by Gasteiger charge is 2.31. The Morgan fingerprint density at radius 2 is 1.88 bits per heavy atom. The monoisotopic (exact) mass is 351 g/mol. The van der Waals surface area contributed by atoms with Crippen LogP contribution >= 0.6 is 11.8 Å². The molecule has 4 nitrogen and oxygen atoms in total. The molecule has 5 heteroatoms. The van der Waals surface area contributed by atoms with E-state index in [2.05, 4.69) is 34.9 Å². The van der Waals surface area contributed by atoms with Crippen molar-refractivity contribution >= 4 is 28.7 Å². The molecule has 1 unspecified atom stereocenters. The summed E-state index contributed by atoms with van der Waals surface area (Å²) in [6, 6.07) is 18.7. The molecule has 1 aliphatic rings. The normalized spacial score (nSPS) is 17.6. The Kier molecular flexibility index (Phi) is 4.49. The number of hydrogen-bond acceptors (Lipinski definition) is 3. The summed E-state index contributed by atoms with van der Waals surface area (Å²) >= 11 is 1.61. The molecule has 0 spiro atoms. The fourth-order valence-corrected chi connectivity index (χ4v) is 4.50. The molecule has 1 aromatic heterocycles. The number of likely N-dealkylation sites (tertiary alicyclic amines) is 1. The minimum absolute atomic E-state index is 0.0164. The van der Waals surface area contributed by atoms with E-state index in [0.29, 0.717) is 0 Å². The molecule has 2 heterocycles. The van der Waals surface area contributed by atoms with Crippen molar-refractivity contribution in [3.8, 4) is 0 Å². The summed E-state index contributed by atoms with van der Waals surface area (Å²) in [5, 5.41) is 0.933. The molecule has 1 amide bonds. The van der Waals surface area contributed by atoms with Gasteiger partial charge in [0.2, 0.25) is 5.91 Å². The number of amides is 1. The van der Waals surface area contributed by atoms with E-state index < -0.39 is 0 Å². The topological polar surface area (TPSA) is 38.1 Å². The SMILES string of the molecule is CN1CCC(Sc2nc3ccccc3n2CCc2ccccc2)C1=O. The van der Waals surface area contributed by atoms with E-state index in [1.165, 1.54) is 5.56 Å². The first-order valence-electron chi connectivity index (χ1n) is 8.63. The third kappa shape index (κ3) is 3.29. The summed E-state index contributed by atoms with van der Waals surface area (Å²) in [4.78, 5) is 18.9. The van der Waals surface area contributed by atoms with Gasteiger partial charge in [0.1, 0.15) is 0 Å². The predicted molar refractivity (Wildman–Crippen MR) is 102 cm³/mol. The summed E-state index contributed by atoms with van der Waals surface area (Å²) in [7, 11) is 1.88. The van der Waals surface area contributed by atoms with Crippen LogP contribution in [0.4, 0.5) is 0 Å². The highest BCUT2D eigenvalue weighted by Crippen LogP contribution is 2.32. The van der Waals surface area contributed by atoms with Crippen LogP contribution in [0.5, 0.6) is 0 Å². The van der Waals surface area contributed by atoms with Crippen LogP contribution in [0.1, 0.15) is 12.0 Å². The van der Waals surface area contributed by atoms with E-state index >= 15 is 0 Å². The zero-order chi connectivity index (χ0) is 17.2. The molecule has 4 rings (SSSR count). The lowest BCUT2D eigenvalue weighted by atomic mass is 10.1. The highest BCUT2D eigenvalue weighted by atomic mass is 32.2. The van der Waals surface area contributed by atoms with Crippen LogP contribution in [-0.2, 0) is 17.8 Å². The Bertz CT molecular complexity index is 890. The molecular weight excluding hydrogens is 330 g/mol. The second kappa shape index (κ2) is 6.92. The van der Waals surface area contributed by atoms with E-state index in [1.54, 1.807) is 11.8 Å². The minimum atomic E-state index is -0.0164. The van der Waals surface area contributed by atoms with Crippen molar-refractivity contribution in [2.24, 2.45) is 0 Å². The van der Waals surface area contributed by atoms with Crippen molar-refractivity contribution in [2.45, 2.75) is 29.8 Å². The van der Waals surface area contributed by atoms with E-state index in [9.17, 15) is 4.79 Å². The van der Waals surface area contributed by atoms with Crippen LogP contribution in [0, 0.1) is 0 Å². The highest BCUT2D eigenvalue weighted by molar-refractivity contribution is 8.00. The molecule has 1 fully saturated rings. The Morgan fingerprint density at radius 1 is 1.12 bits per heavy atom. The van der Waals surface area contributed by atoms with Gasteiger partial charge in [0, 0.05) is 20.1 Å². The molecule has 128 valence electrons. The van der Waals surface area contributed by atoms with Crippen molar-refractivity contribution in [3.63, 3.8) is 0 Å². The Morgan fingerprint density at radius 3 is 2.64 bits per heavy atom. The number of fused-ring (bicyclic) bond motifs is 1. The third-order valence-corrected chi connectivity index (χ3v) is 5.96. The number of rotatable bonds is 5. The van der Waals surface area contributed by atoms with E-state index in [0.717, 1.165) is 42.1 Å². The summed E-state index contributed by atoms with van der Waals surface area (Å²) < 4.78 is 2.26. The number of benzene rings is 2. The standard InChI is InChI=1S/C20H21N3OS/c1-22-13-12-18(19(22)24)25-20-21-16-9-5-6-10-17(16)23(20)14-11-15-7-3-2-4-8-15/h2-10,18H,11-14H2,1H3. The largest absolute Gasteiger partial charge is 0.345 e. The average molecular weight is 351 g/mol. The number of carbonyl (C=O) groups excluding carboxylic acids is 1. The third-order valence-electron chi connectivity index (χ3n) is 4.71. The number of thioether (sulfide) groups is 1. The number of aryl methyl sites for hydroxylation is 2. The summed E-state index contributed by atoms with van der Waals surface area (Å²) in [6.07, 6.45) is 1.84. The summed E-state index contributed by atoms with van der Waals surface area (Å²) in [5.41, 5.74) is 3.45. The second-order valence-corrected chi connectivity index (χ2v) is 7.60. The van der Waals surface area contributed by atoms with Crippen molar-refractivity contribution in [1.82, 2.24) is 14.5 Å². The quantitative estimate of drug-likeness (QED) is 0.705. The van der Waals surface area contributed by atoms with E-state index in [4.69, 9.17) is 4.98 Å². The van der Waals surface area contributed by atoms with Crippen LogP contribution in [-0.4, -0.2) is 39.2 Å². The van der Waals surface area contributed by atoms with Gasteiger partial charge in [-0.15, -0.1) is 0 Å². The maximum atomic E-state index is 12.3. The maximum absolute atomic E-state index is 12.3. The molecule has 0 saturated carbocycles. The number of imidazole rings is 1. The Labute approximate surface area is 151 Å². The molecule has 1 aliphatic heterocycles. The van der Waals surface area contributed by atoms with Gasteiger partial charge in [0.15, 0.2) is 5.16 Å². The van der Waals surface area contributed by atoms with Crippen LogP contribution < -0.4 is 0 Å². The number of aromatic nitrogens is 2. The van der Waals surface area contributed by atoms with Crippen molar-refractivity contribution < 1.29 is 4.79 Å². The first kappa shape index (κ1) is 16.2. The van der Waals surface area contributed by atoms with Crippen LogP contribution in [0.2, 0.25) is 0 Å². The lowest BCUT2D eigenvalue weighted by molar-refractivity contribution is -0.126. The van der Waals surface area contributed by atoms with Gasteiger partial charge in [0.25, 0.3) is 0 Å². The van der Waals surface area contributed by atoms with Crippen molar-refractivity contribution in [1.29, 1.82) is 0 Å². The van der Waals surface area contributed by atoms with E-state index in [1.807, 2.05) is 36.2 Å². The number of carbonyl (C=O) groups is 1.